The van der Waals surface area contributed by atoms with Crippen molar-refractivity contribution in [3.05, 3.63) is 17.0 Å². The van der Waals surface area contributed by atoms with Crippen molar-refractivity contribution in [1.29, 1.82) is 0 Å². The molecule has 0 atom stereocenters. The van der Waals surface area contributed by atoms with Crippen LogP contribution in [0.5, 0.6) is 0 Å². The van der Waals surface area contributed by atoms with Crippen LogP contribution in [-0.2, 0) is 5.54 Å². The molecule has 1 fully saturated rings. The fourth-order valence-corrected chi connectivity index (χ4v) is 2.87. The van der Waals surface area contributed by atoms with Gasteiger partial charge in [-0.15, -0.1) is 0 Å². The van der Waals surface area contributed by atoms with Gasteiger partial charge in [-0.3, -0.25) is 4.68 Å². The number of rotatable bonds is 2. The molecule has 1 aromatic rings. The smallest absolute Gasteiger partial charge is 0.0647 e. The number of hydrogen-bond acceptors (Lipinski definition) is 3. The lowest BCUT2D eigenvalue weighted by molar-refractivity contribution is 0.0203. The van der Waals surface area contributed by atoms with E-state index >= 15 is 0 Å². The Morgan fingerprint density at radius 3 is 2.38 bits per heavy atom. The first-order valence-corrected chi connectivity index (χ1v) is 5.88. The van der Waals surface area contributed by atoms with Crippen LogP contribution in [0.4, 0.5) is 0 Å². The van der Waals surface area contributed by atoms with Gasteiger partial charge >= 0.3 is 0 Å². The molecule has 0 amide bonds. The highest BCUT2D eigenvalue weighted by atomic mass is 16.3. The summed E-state index contributed by atoms with van der Waals surface area (Å²) in [6.07, 6.45) is 1.06. The van der Waals surface area contributed by atoms with Gasteiger partial charge in [-0.2, -0.15) is 5.10 Å². The first-order valence-electron chi connectivity index (χ1n) is 5.88. The van der Waals surface area contributed by atoms with E-state index < -0.39 is 0 Å². The molecule has 1 heterocycles. The molecule has 2 rings (SSSR count). The van der Waals surface area contributed by atoms with E-state index in [1.165, 1.54) is 0 Å². The number of aromatic nitrogens is 2. The van der Waals surface area contributed by atoms with Gasteiger partial charge in [0.05, 0.1) is 11.8 Å². The minimum Gasteiger partial charge on any atom is -0.393 e. The molecule has 3 N–H and O–H groups in total. The highest BCUT2D eigenvalue weighted by Gasteiger charge is 2.44. The van der Waals surface area contributed by atoms with Crippen molar-refractivity contribution < 1.29 is 5.11 Å². The maximum Gasteiger partial charge on any atom is 0.0647 e. The highest BCUT2D eigenvalue weighted by molar-refractivity contribution is 5.35. The molecule has 0 aromatic carbocycles. The van der Waals surface area contributed by atoms with Crippen LogP contribution < -0.4 is 5.73 Å². The van der Waals surface area contributed by atoms with E-state index in [-0.39, 0.29) is 11.6 Å². The number of aryl methyl sites for hydroxylation is 1. The Morgan fingerprint density at radius 2 is 2.00 bits per heavy atom. The van der Waals surface area contributed by atoms with Crippen molar-refractivity contribution in [2.24, 2.45) is 5.73 Å². The molecule has 1 aromatic heterocycles. The lowest BCUT2D eigenvalue weighted by atomic mass is 9.70. The van der Waals surface area contributed by atoms with Crippen LogP contribution in [-0.4, -0.2) is 21.0 Å². The molecule has 0 bridgehead atoms. The molecule has 0 spiro atoms. The van der Waals surface area contributed by atoms with Gasteiger partial charge in [0.2, 0.25) is 0 Å². The van der Waals surface area contributed by atoms with Crippen LogP contribution in [0.25, 0.3) is 0 Å². The Labute approximate surface area is 96.5 Å². The summed E-state index contributed by atoms with van der Waals surface area (Å²) in [6.45, 7) is 8.29. The lowest BCUT2D eigenvalue weighted by Gasteiger charge is -2.42. The zero-order chi connectivity index (χ0) is 12.1. The van der Waals surface area contributed by atoms with Gasteiger partial charge in [0.25, 0.3) is 0 Å². The summed E-state index contributed by atoms with van der Waals surface area (Å²) in [6, 6.07) is 0.348. The monoisotopic (exact) mass is 223 g/mol. The molecular weight excluding hydrogens is 202 g/mol. The SMILES string of the molecule is Cc1nn(C(C)C)c(C)c1C1(N)CC(O)C1. The molecule has 90 valence electrons. The zero-order valence-corrected chi connectivity index (χ0v) is 10.5. The predicted molar refractivity (Wildman–Crippen MR) is 63.2 cm³/mol. The zero-order valence-electron chi connectivity index (χ0n) is 10.5. The molecule has 1 aliphatic rings. The number of aliphatic hydroxyl groups is 1. The molecule has 0 saturated heterocycles. The quantitative estimate of drug-likeness (QED) is 0.796. The van der Waals surface area contributed by atoms with Gasteiger partial charge in [0.15, 0.2) is 0 Å². The summed E-state index contributed by atoms with van der Waals surface area (Å²) in [5.74, 6) is 0. The Bertz CT molecular complexity index is 403. The van der Waals surface area contributed by atoms with Crippen molar-refractivity contribution in [1.82, 2.24) is 9.78 Å². The van der Waals surface area contributed by atoms with Gasteiger partial charge in [-0.25, -0.2) is 0 Å². The molecule has 0 unspecified atom stereocenters. The molecule has 4 nitrogen and oxygen atoms in total. The van der Waals surface area contributed by atoms with Gasteiger partial charge in [-0.05, 0) is 40.5 Å². The van der Waals surface area contributed by atoms with Crippen LogP contribution in [0.15, 0.2) is 0 Å². The van der Waals surface area contributed by atoms with E-state index in [0.717, 1.165) is 17.0 Å². The summed E-state index contributed by atoms with van der Waals surface area (Å²) in [4.78, 5) is 0. The first kappa shape index (κ1) is 11.6. The first-order chi connectivity index (χ1) is 7.35. The maximum absolute atomic E-state index is 9.44. The Balaban J connectivity index is 2.42. The van der Waals surface area contributed by atoms with Crippen molar-refractivity contribution >= 4 is 0 Å². The standard InChI is InChI=1S/C12H21N3O/c1-7(2)15-9(4)11(8(3)14-15)12(13)5-10(16)6-12/h7,10,16H,5-6,13H2,1-4H3. The second-order valence-electron chi connectivity index (χ2n) is 5.30. The molecule has 0 radical (unpaired) electrons. The number of nitrogens with zero attached hydrogens (tertiary/aromatic N) is 2. The molecule has 16 heavy (non-hydrogen) atoms. The van der Waals surface area contributed by atoms with Crippen LogP contribution in [0.2, 0.25) is 0 Å². The molecule has 1 saturated carbocycles. The van der Waals surface area contributed by atoms with Gasteiger partial charge in [0, 0.05) is 22.8 Å². The molecular formula is C12H21N3O. The molecule has 1 aliphatic carbocycles. The minimum atomic E-state index is -0.360. The predicted octanol–water partition coefficient (Wildman–Crippen LogP) is 1.39. The van der Waals surface area contributed by atoms with Crippen molar-refractivity contribution in [2.45, 2.75) is 58.2 Å². The topological polar surface area (TPSA) is 64.1 Å². The van der Waals surface area contributed by atoms with E-state index in [2.05, 4.69) is 25.9 Å². The van der Waals surface area contributed by atoms with E-state index in [1.54, 1.807) is 0 Å². The second-order valence-corrected chi connectivity index (χ2v) is 5.30. The fraction of sp³-hybridized carbons (Fsp3) is 0.750. The summed E-state index contributed by atoms with van der Waals surface area (Å²) in [5.41, 5.74) is 9.23. The fourth-order valence-electron chi connectivity index (χ4n) is 2.87. The maximum atomic E-state index is 9.44. The summed E-state index contributed by atoms with van der Waals surface area (Å²) < 4.78 is 2.02. The van der Waals surface area contributed by atoms with Crippen LogP contribution in [0.3, 0.4) is 0 Å². The third kappa shape index (κ3) is 1.57. The van der Waals surface area contributed by atoms with Crippen LogP contribution >= 0.6 is 0 Å². The van der Waals surface area contributed by atoms with Crippen LogP contribution in [0.1, 0.15) is 49.7 Å². The Morgan fingerprint density at radius 1 is 1.44 bits per heavy atom. The van der Waals surface area contributed by atoms with Crippen molar-refractivity contribution in [2.75, 3.05) is 0 Å². The number of nitrogens with two attached hydrogens (primary N) is 1. The van der Waals surface area contributed by atoms with Gasteiger partial charge < -0.3 is 10.8 Å². The molecule has 4 heteroatoms. The van der Waals surface area contributed by atoms with Crippen LogP contribution in [0, 0.1) is 13.8 Å². The van der Waals surface area contributed by atoms with E-state index in [9.17, 15) is 5.11 Å². The largest absolute Gasteiger partial charge is 0.393 e. The minimum absolute atomic E-state index is 0.244. The molecule has 0 aliphatic heterocycles. The second kappa shape index (κ2) is 3.57. The average molecular weight is 223 g/mol. The third-order valence-corrected chi connectivity index (χ3v) is 3.51. The summed E-state index contributed by atoms with van der Waals surface area (Å²) >= 11 is 0. The Kier molecular flexibility index (Phi) is 2.59. The van der Waals surface area contributed by atoms with Gasteiger partial charge in [-0.1, -0.05) is 0 Å². The lowest BCUT2D eigenvalue weighted by Crippen LogP contribution is -2.52. The number of hydrogen-bond donors (Lipinski definition) is 2. The van der Waals surface area contributed by atoms with Gasteiger partial charge in [0.1, 0.15) is 0 Å². The normalized spacial score (nSPS) is 29.6. The van der Waals surface area contributed by atoms with E-state index in [1.807, 2.05) is 11.6 Å². The number of aliphatic hydroxyl groups excluding tert-OH is 1. The third-order valence-electron chi connectivity index (χ3n) is 3.51. The summed E-state index contributed by atoms with van der Waals surface area (Å²) in [5, 5.41) is 14.0. The van der Waals surface area contributed by atoms with E-state index in [0.29, 0.717) is 18.9 Å². The van der Waals surface area contributed by atoms with E-state index in [4.69, 9.17) is 5.73 Å². The average Bonchev–Trinajstić information content (AvgIpc) is 2.39. The summed E-state index contributed by atoms with van der Waals surface area (Å²) in [7, 11) is 0. The Hall–Kier alpha value is -0.870. The highest BCUT2D eigenvalue weighted by Crippen LogP contribution is 2.42. The van der Waals surface area contributed by atoms with Crippen molar-refractivity contribution in [3.63, 3.8) is 0 Å². The van der Waals surface area contributed by atoms with Crippen molar-refractivity contribution in [3.8, 4) is 0 Å².